The van der Waals surface area contributed by atoms with Crippen molar-refractivity contribution in [1.82, 2.24) is 19.6 Å². The van der Waals surface area contributed by atoms with Crippen LogP contribution in [0.5, 0.6) is 5.75 Å². The number of nitrogens with zero attached hydrogens (tertiary/aromatic N) is 5. The number of hydrogen-bond donors (Lipinski definition) is 0. The van der Waals surface area contributed by atoms with Gasteiger partial charge in [-0.05, 0) is 30.3 Å². The molecule has 1 aliphatic rings. The predicted octanol–water partition coefficient (Wildman–Crippen LogP) is 3.94. The van der Waals surface area contributed by atoms with E-state index in [0.29, 0.717) is 22.8 Å². The van der Waals surface area contributed by atoms with Crippen molar-refractivity contribution in [2.45, 2.75) is 12.3 Å². The Labute approximate surface area is 188 Å². The Kier molecular flexibility index (Phi) is 5.16. The topological polar surface area (TPSA) is 65.2 Å². The second kappa shape index (κ2) is 8.16. The molecule has 9 heteroatoms. The summed E-state index contributed by atoms with van der Waals surface area (Å²) in [5, 5.41) is 8.90. The van der Waals surface area contributed by atoms with Crippen LogP contribution in [0.3, 0.4) is 0 Å². The first kappa shape index (κ1) is 20.9. The van der Waals surface area contributed by atoms with Crippen molar-refractivity contribution in [2.24, 2.45) is 0 Å². The Morgan fingerprint density at radius 1 is 1.03 bits per heavy atom. The van der Waals surface area contributed by atoms with Crippen molar-refractivity contribution in [3.8, 4) is 28.5 Å². The minimum absolute atomic E-state index is 0.170. The number of rotatable bonds is 5. The van der Waals surface area contributed by atoms with Crippen molar-refractivity contribution in [1.29, 1.82) is 0 Å². The molecule has 168 valence electrons. The summed E-state index contributed by atoms with van der Waals surface area (Å²) < 4.78 is 36.0. The first-order chi connectivity index (χ1) is 15.9. The molecule has 2 aromatic heterocycles. The molecule has 33 heavy (non-hydrogen) atoms. The van der Waals surface area contributed by atoms with Crippen molar-refractivity contribution in [3.05, 3.63) is 83.3 Å². The van der Waals surface area contributed by atoms with E-state index in [4.69, 9.17) is 4.74 Å². The number of ether oxygens (including phenoxy) is 1. The molecule has 1 saturated heterocycles. The SMILES string of the molecule is COc1cc(N2CCC(F)(F)C2)ccc1-n1ccc(=O)c(-c2ccnn2-c2ccccc2)n1. The minimum Gasteiger partial charge on any atom is -0.494 e. The third-order valence-corrected chi connectivity index (χ3v) is 5.64. The third-order valence-electron chi connectivity index (χ3n) is 5.64. The molecule has 0 unspecified atom stereocenters. The van der Waals surface area contributed by atoms with Gasteiger partial charge in [-0.25, -0.2) is 18.1 Å². The molecule has 0 aliphatic carbocycles. The van der Waals surface area contributed by atoms with E-state index in [1.54, 1.807) is 50.9 Å². The second-order valence-electron chi connectivity index (χ2n) is 7.82. The quantitative estimate of drug-likeness (QED) is 0.462. The first-order valence-electron chi connectivity index (χ1n) is 10.5. The van der Waals surface area contributed by atoms with E-state index >= 15 is 0 Å². The van der Waals surface area contributed by atoms with Crippen molar-refractivity contribution < 1.29 is 13.5 Å². The highest BCUT2D eigenvalue weighted by Gasteiger charge is 2.38. The van der Waals surface area contributed by atoms with E-state index < -0.39 is 5.92 Å². The molecule has 0 amide bonds. The maximum Gasteiger partial charge on any atom is 0.266 e. The summed E-state index contributed by atoms with van der Waals surface area (Å²) in [5.74, 6) is -2.23. The maximum atomic E-state index is 13.7. The summed E-state index contributed by atoms with van der Waals surface area (Å²) >= 11 is 0. The van der Waals surface area contributed by atoms with Crippen LogP contribution in [0.2, 0.25) is 0 Å². The highest BCUT2D eigenvalue weighted by atomic mass is 19.3. The van der Waals surface area contributed by atoms with Gasteiger partial charge >= 0.3 is 0 Å². The molecular weight excluding hydrogens is 428 g/mol. The van der Waals surface area contributed by atoms with E-state index in [1.807, 2.05) is 30.3 Å². The van der Waals surface area contributed by atoms with Crippen molar-refractivity contribution in [2.75, 3.05) is 25.1 Å². The number of anilines is 1. The van der Waals surface area contributed by atoms with Crippen LogP contribution < -0.4 is 15.1 Å². The van der Waals surface area contributed by atoms with E-state index in [-0.39, 0.29) is 30.6 Å². The highest BCUT2D eigenvalue weighted by molar-refractivity contribution is 5.61. The van der Waals surface area contributed by atoms with Gasteiger partial charge in [0, 0.05) is 37.0 Å². The van der Waals surface area contributed by atoms with Crippen LogP contribution >= 0.6 is 0 Å². The molecule has 4 aromatic rings. The van der Waals surface area contributed by atoms with Crippen LogP contribution in [0, 0.1) is 0 Å². The molecule has 7 nitrogen and oxygen atoms in total. The van der Waals surface area contributed by atoms with Gasteiger partial charge in [-0.2, -0.15) is 10.2 Å². The Morgan fingerprint density at radius 2 is 1.85 bits per heavy atom. The fourth-order valence-electron chi connectivity index (χ4n) is 3.99. The molecule has 1 fully saturated rings. The number of methoxy groups -OCH3 is 1. The van der Waals surface area contributed by atoms with Gasteiger partial charge in [-0.3, -0.25) is 4.79 Å². The van der Waals surface area contributed by atoms with Gasteiger partial charge in [-0.1, -0.05) is 18.2 Å². The van der Waals surface area contributed by atoms with Crippen LogP contribution in [-0.2, 0) is 0 Å². The molecule has 0 saturated carbocycles. The van der Waals surface area contributed by atoms with Crippen LogP contribution in [0.1, 0.15) is 6.42 Å². The van der Waals surface area contributed by atoms with E-state index in [0.717, 1.165) is 5.69 Å². The number of benzene rings is 2. The molecule has 0 N–H and O–H groups in total. The predicted molar refractivity (Wildman–Crippen MR) is 121 cm³/mol. The maximum absolute atomic E-state index is 13.7. The van der Waals surface area contributed by atoms with Gasteiger partial charge in [0.1, 0.15) is 11.4 Å². The largest absolute Gasteiger partial charge is 0.494 e. The normalized spacial score (nSPS) is 15.1. The fraction of sp³-hybridized carbons (Fsp3) is 0.208. The van der Waals surface area contributed by atoms with Crippen LogP contribution in [0.4, 0.5) is 14.5 Å². The van der Waals surface area contributed by atoms with Crippen LogP contribution in [0.15, 0.2) is 77.9 Å². The lowest BCUT2D eigenvalue weighted by Gasteiger charge is -2.20. The van der Waals surface area contributed by atoms with Crippen LogP contribution in [0.25, 0.3) is 22.8 Å². The second-order valence-corrected chi connectivity index (χ2v) is 7.82. The zero-order chi connectivity index (χ0) is 23.0. The van der Waals surface area contributed by atoms with Gasteiger partial charge in [0.15, 0.2) is 5.69 Å². The molecule has 1 aliphatic heterocycles. The van der Waals surface area contributed by atoms with E-state index in [9.17, 15) is 13.6 Å². The van der Waals surface area contributed by atoms with Crippen molar-refractivity contribution >= 4 is 5.69 Å². The minimum atomic E-state index is -2.69. The molecule has 0 atom stereocenters. The van der Waals surface area contributed by atoms with Crippen LogP contribution in [-0.4, -0.2) is 45.7 Å². The summed E-state index contributed by atoms with van der Waals surface area (Å²) in [7, 11) is 1.51. The Morgan fingerprint density at radius 3 is 2.58 bits per heavy atom. The van der Waals surface area contributed by atoms with Gasteiger partial charge in [0.2, 0.25) is 5.43 Å². The number of para-hydroxylation sites is 1. The zero-order valence-corrected chi connectivity index (χ0v) is 17.9. The lowest BCUT2D eigenvalue weighted by atomic mass is 10.2. The molecule has 5 rings (SSSR count). The third kappa shape index (κ3) is 3.97. The van der Waals surface area contributed by atoms with E-state index in [1.165, 1.54) is 13.2 Å². The summed E-state index contributed by atoms with van der Waals surface area (Å²) in [6.45, 7) is -0.0429. The molecule has 0 spiro atoms. The summed E-state index contributed by atoms with van der Waals surface area (Å²) in [6.07, 6.45) is 3.00. The Balaban J connectivity index is 1.54. The molecular formula is C24H21F2N5O2. The zero-order valence-electron chi connectivity index (χ0n) is 17.9. The number of hydrogen-bond acceptors (Lipinski definition) is 5. The average molecular weight is 449 g/mol. The standard InChI is InChI=1S/C24H21F2N5O2/c1-33-22-15-18(29-14-11-24(25,26)16-29)7-8-19(22)30-13-10-21(32)23(28-30)20-9-12-27-31(20)17-5-3-2-4-6-17/h2-10,12-13,15H,11,14,16H2,1H3. The molecule has 0 radical (unpaired) electrons. The lowest BCUT2D eigenvalue weighted by Crippen LogP contribution is -2.24. The van der Waals surface area contributed by atoms with E-state index in [2.05, 4.69) is 10.2 Å². The monoisotopic (exact) mass is 449 g/mol. The van der Waals surface area contributed by atoms with Gasteiger partial charge in [0.25, 0.3) is 5.92 Å². The van der Waals surface area contributed by atoms with Gasteiger partial charge in [-0.15, -0.1) is 0 Å². The fourth-order valence-corrected chi connectivity index (χ4v) is 3.99. The van der Waals surface area contributed by atoms with Gasteiger partial charge < -0.3 is 9.64 Å². The van der Waals surface area contributed by atoms with Gasteiger partial charge in [0.05, 0.1) is 31.2 Å². The summed E-state index contributed by atoms with van der Waals surface area (Å²) in [6, 6.07) is 17.8. The summed E-state index contributed by atoms with van der Waals surface area (Å²) in [4.78, 5) is 14.3. The number of halogens is 2. The average Bonchev–Trinajstić information content (AvgIpc) is 3.46. The smallest absolute Gasteiger partial charge is 0.266 e. The molecule has 0 bridgehead atoms. The Bertz CT molecular complexity index is 1350. The molecule has 2 aromatic carbocycles. The Hall–Kier alpha value is -4.01. The molecule has 3 heterocycles. The lowest BCUT2D eigenvalue weighted by molar-refractivity contribution is 0.0257. The highest BCUT2D eigenvalue weighted by Crippen LogP contribution is 2.34. The number of alkyl halides is 2. The number of aromatic nitrogens is 4. The summed E-state index contributed by atoms with van der Waals surface area (Å²) in [5.41, 5.74) is 2.56. The van der Waals surface area contributed by atoms with Crippen molar-refractivity contribution in [3.63, 3.8) is 0 Å². The first-order valence-corrected chi connectivity index (χ1v) is 10.5.